The van der Waals surface area contributed by atoms with Crippen molar-refractivity contribution in [2.24, 2.45) is 0 Å². The molecule has 0 saturated carbocycles. The number of carbonyl (C=O) groups is 1. The molecule has 0 radical (unpaired) electrons. The van der Waals surface area contributed by atoms with Crippen molar-refractivity contribution < 1.29 is 4.79 Å². The molecule has 0 aliphatic carbocycles. The number of hydrogen-bond donors (Lipinski definition) is 1. The Balaban J connectivity index is 2.29. The highest BCUT2D eigenvalue weighted by Gasteiger charge is 2.22. The fourth-order valence-electron chi connectivity index (χ4n) is 1.47. The largest absolute Gasteiger partial charge is 0.399 e. The van der Waals surface area contributed by atoms with Crippen LogP contribution in [0.3, 0.4) is 0 Å². The average molecular weight is 177 g/mol. The van der Waals surface area contributed by atoms with Crippen molar-refractivity contribution in [2.75, 3.05) is 17.2 Å². The van der Waals surface area contributed by atoms with Gasteiger partial charge in [-0.15, -0.1) is 0 Å². The fourth-order valence-corrected chi connectivity index (χ4v) is 1.47. The molecule has 0 unspecified atom stereocenters. The first kappa shape index (κ1) is 8.04. The quantitative estimate of drug-likeness (QED) is 0.690. The highest BCUT2D eigenvalue weighted by atomic mass is 16.2. The van der Waals surface area contributed by atoms with Gasteiger partial charge in [0.15, 0.2) is 0 Å². The van der Waals surface area contributed by atoms with Gasteiger partial charge in [0, 0.05) is 30.9 Å². The van der Waals surface area contributed by atoms with Crippen LogP contribution in [0.2, 0.25) is 0 Å². The van der Waals surface area contributed by atoms with E-state index in [1.54, 1.807) is 23.2 Å². The fraction of sp³-hybridized carbons (Fsp3) is 0.333. The van der Waals surface area contributed by atoms with Gasteiger partial charge in [-0.3, -0.25) is 9.69 Å². The molecule has 0 bridgehead atoms. The number of carbonyl (C=O) groups excluding carboxylic acids is 1. The number of nitrogens with two attached hydrogens (primary N) is 1. The van der Waals surface area contributed by atoms with Crippen molar-refractivity contribution in [3.05, 3.63) is 18.3 Å². The Labute approximate surface area is 76.4 Å². The van der Waals surface area contributed by atoms with Crippen molar-refractivity contribution in [1.29, 1.82) is 0 Å². The summed E-state index contributed by atoms with van der Waals surface area (Å²) >= 11 is 0. The smallest absolute Gasteiger partial charge is 0.228 e. The van der Waals surface area contributed by atoms with Crippen LogP contribution in [0.4, 0.5) is 11.5 Å². The molecule has 4 heteroatoms. The third-order valence-corrected chi connectivity index (χ3v) is 2.12. The van der Waals surface area contributed by atoms with Gasteiger partial charge < -0.3 is 5.73 Å². The van der Waals surface area contributed by atoms with E-state index in [9.17, 15) is 4.79 Å². The SMILES string of the molecule is Nc1ccnc(N2CCCC2=O)c1. The van der Waals surface area contributed by atoms with E-state index in [4.69, 9.17) is 5.73 Å². The maximum Gasteiger partial charge on any atom is 0.228 e. The molecule has 2 heterocycles. The summed E-state index contributed by atoms with van der Waals surface area (Å²) in [7, 11) is 0. The highest BCUT2D eigenvalue weighted by molar-refractivity contribution is 5.94. The first-order valence-electron chi connectivity index (χ1n) is 4.29. The highest BCUT2D eigenvalue weighted by Crippen LogP contribution is 2.19. The number of pyridine rings is 1. The average Bonchev–Trinajstić information content (AvgIpc) is 2.51. The van der Waals surface area contributed by atoms with Gasteiger partial charge in [-0.2, -0.15) is 0 Å². The predicted molar refractivity (Wildman–Crippen MR) is 50.2 cm³/mol. The van der Waals surface area contributed by atoms with Gasteiger partial charge in [-0.25, -0.2) is 4.98 Å². The molecule has 0 atom stereocenters. The minimum atomic E-state index is 0.137. The lowest BCUT2D eigenvalue weighted by Crippen LogP contribution is -2.24. The van der Waals surface area contributed by atoms with Crippen LogP contribution >= 0.6 is 0 Å². The molecule has 1 amide bonds. The maximum atomic E-state index is 11.3. The van der Waals surface area contributed by atoms with E-state index < -0.39 is 0 Å². The lowest BCUT2D eigenvalue weighted by atomic mass is 10.4. The lowest BCUT2D eigenvalue weighted by molar-refractivity contribution is -0.117. The van der Waals surface area contributed by atoms with Gasteiger partial charge >= 0.3 is 0 Å². The Hall–Kier alpha value is -1.58. The zero-order valence-electron chi connectivity index (χ0n) is 7.23. The first-order valence-corrected chi connectivity index (χ1v) is 4.29. The molecule has 68 valence electrons. The summed E-state index contributed by atoms with van der Waals surface area (Å²) in [5.74, 6) is 0.806. The second-order valence-electron chi connectivity index (χ2n) is 3.10. The number of rotatable bonds is 1. The number of hydrogen-bond acceptors (Lipinski definition) is 3. The summed E-state index contributed by atoms with van der Waals surface area (Å²) in [6.45, 7) is 0.759. The standard InChI is InChI=1S/C9H11N3O/c10-7-3-4-11-8(6-7)12-5-1-2-9(12)13/h3-4,6H,1-2,5H2,(H2,10,11). The molecular weight excluding hydrogens is 166 g/mol. The van der Waals surface area contributed by atoms with Gasteiger partial charge in [0.05, 0.1) is 0 Å². The van der Waals surface area contributed by atoms with Crippen LogP contribution in [-0.2, 0) is 4.79 Å². The molecule has 0 spiro atoms. The molecule has 1 aromatic rings. The minimum Gasteiger partial charge on any atom is -0.399 e. The van der Waals surface area contributed by atoms with Crippen LogP contribution in [0.25, 0.3) is 0 Å². The summed E-state index contributed by atoms with van der Waals surface area (Å²) in [4.78, 5) is 17.1. The number of nitrogen functional groups attached to an aromatic ring is 1. The summed E-state index contributed by atoms with van der Waals surface area (Å²) in [6.07, 6.45) is 3.15. The van der Waals surface area contributed by atoms with Gasteiger partial charge in [-0.1, -0.05) is 0 Å². The Morgan fingerprint density at radius 3 is 3.00 bits per heavy atom. The molecule has 2 rings (SSSR count). The van der Waals surface area contributed by atoms with Crippen molar-refractivity contribution in [3.8, 4) is 0 Å². The number of aromatic nitrogens is 1. The topological polar surface area (TPSA) is 59.2 Å². The molecule has 1 saturated heterocycles. The Morgan fingerprint density at radius 2 is 2.38 bits per heavy atom. The van der Waals surface area contributed by atoms with Gasteiger partial charge in [0.1, 0.15) is 5.82 Å². The molecule has 1 fully saturated rings. The van der Waals surface area contributed by atoms with E-state index in [1.165, 1.54) is 0 Å². The van der Waals surface area contributed by atoms with Crippen LogP contribution < -0.4 is 10.6 Å². The molecule has 1 aliphatic heterocycles. The summed E-state index contributed by atoms with van der Waals surface area (Å²) in [6, 6.07) is 3.44. The van der Waals surface area contributed by atoms with Gasteiger partial charge in [-0.05, 0) is 12.5 Å². The van der Waals surface area contributed by atoms with Crippen molar-refractivity contribution in [3.63, 3.8) is 0 Å². The molecule has 1 aromatic heterocycles. The molecule has 4 nitrogen and oxygen atoms in total. The maximum absolute atomic E-state index is 11.3. The second-order valence-corrected chi connectivity index (χ2v) is 3.10. The number of nitrogens with zero attached hydrogens (tertiary/aromatic N) is 2. The third kappa shape index (κ3) is 1.47. The van der Waals surface area contributed by atoms with Crippen LogP contribution in [0, 0.1) is 0 Å². The monoisotopic (exact) mass is 177 g/mol. The Bertz CT molecular complexity index is 337. The first-order chi connectivity index (χ1) is 6.27. The zero-order chi connectivity index (χ0) is 9.26. The normalized spacial score (nSPS) is 16.6. The van der Waals surface area contributed by atoms with Crippen LogP contribution in [0.5, 0.6) is 0 Å². The predicted octanol–water partition coefficient (Wildman–Crippen LogP) is 0.791. The van der Waals surface area contributed by atoms with E-state index in [0.717, 1.165) is 13.0 Å². The van der Waals surface area contributed by atoms with Gasteiger partial charge in [0.25, 0.3) is 0 Å². The van der Waals surface area contributed by atoms with Gasteiger partial charge in [0.2, 0.25) is 5.91 Å². The van der Waals surface area contributed by atoms with Crippen molar-refractivity contribution in [2.45, 2.75) is 12.8 Å². The van der Waals surface area contributed by atoms with Crippen LogP contribution in [0.15, 0.2) is 18.3 Å². The summed E-state index contributed by atoms with van der Waals surface area (Å²) < 4.78 is 0. The molecule has 1 aliphatic rings. The third-order valence-electron chi connectivity index (χ3n) is 2.12. The second kappa shape index (κ2) is 3.05. The lowest BCUT2D eigenvalue weighted by Gasteiger charge is -2.13. The molecule has 13 heavy (non-hydrogen) atoms. The molecular formula is C9H11N3O. The summed E-state index contributed by atoms with van der Waals surface area (Å²) in [5.41, 5.74) is 6.24. The molecule has 2 N–H and O–H groups in total. The Kier molecular flexibility index (Phi) is 1.88. The van der Waals surface area contributed by atoms with E-state index in [-0.39, 0.29) is 5.91 Å². The van der Waals surface area contributed by atoms with Crippen LogP contribution in [-0.4, -0.2) is 17.4 Å². The van der Waals surface area contributed by atoms with E-state index >= 15 is 0 Å². The summed E-state index contributed by atoms with van der Waals surface area (Å²) in [5, 5.41) is 0. The number of amides is 1. The van der Waals surface area contributed by atoms with Crippen molar-refractivity contribution >= 4 is 17.4 Å². The zero-order valence-corrected chi connectivity index (χ0v) is 7.23. The van der Waals surface area contributed by atoms with Crippen molar-refractivity contribution in [1.82, 2.24) is 4.98 Å². The Morgan fingerprint density at radius 1 is 1.54 bits per heavy atom. The minimum absolute atomic E-state index is 0.137. The van der Waals surface area contributed by atoms with E-state index in [2.05, 4.69) is 4.98 Å². The van der Waals surface area contributed by atoms with E-state index in [1.807, 2.05) is 0 Å². The van der Waals surface area contributed by atoms with Crippen LogP contribution in [0.1, 0.15) is 12.8 Å². The number of anilines is 2. The van der Waals surface area contributed by atoms with E-state index in [0.29, 0.717) is 17.9 Å². The molecule has 0 aromatic carbocycles.